The average molecular weight is 236 g/mol. The first kappa shape index (κ1) is 12.1. The van der Waals surface area contributed by atoms with E-state index in [0.717, 1.165) is 44.2 Å². The highest BCUT2D eigenvalue weighted by atomic mass is 16.5. The molecule has 0 amide bonds. The van der Waals surface area contributed by atoms with Crippen molar-refractivity contribution >= 4 is 11.6 Å². The Morgan fingerprint density at radius 2 is 2.12 bits per heavy atom. The van der Waals surface area contributed by atoms with Gasteiger partial charge in [0.05, 0.1) is 5.60 Å². The zero-order chi connectivity index (χ0) is 12.1. The third-order valence-corrected chi connectivity index (χ3v) is 2.97. The zero-order valence-corrected chi connectivity index (χ0v) is 10.5. The van der Waals surface area contributed by atoms with Crippen LogP contribution in [0.15, 0.2) is 12.4 Å². The maximum absolute atomic E-state index is 5.72. The van der Waals surface area contributed by atoms with Crippen molar-refractivity contribution in [3.8, 4) is 0 Å². The molecule has 0 bridgehead atoms. The van der Waals surface area contributed by atoms with Gasteiger partial charge in [-0.05, 0) is 26.7 Å². The SMILES string of the molecule is CCNc1cc(NCC2(C)CCCO2)ncn1. The molecule has 1 saturated heterocycles. The lowest BCUT2D eigenvalue weighted by Gasteiger charge is -2.23. The van der Waals surface area contributed by atoms with E-state index in [1.807, 2.05) is 13.0 Å². The number of ether oxygens (including phenoxy) is 1. The lowest BCUT2D eigenvalue weighted by Crippen LogP contribution is -2.32. The van der Waals surface area contributed by atoms with Gasteiger partial charge in [0.25, 0.3) is 0 Å². The Labute approximate surface area is 102 Å². The second-order valence-electron chi connectivity index (χ2n) is 4.57. The molecule has 0 aromatic carbocycles. The maximum Gasteiger partial charge on any atom is 0.131 e. The van der Waals surface area contributed by atoms with E-state index in [0.29, 0.717) is 0 Å². The van der Waals surface area contributed by atoms with Crippen LogP contribution in [0.1, 0.15) is 26.7 Å². The molecule has 0 saturated carbocycles. The number of nitrogens with one attached hydrogen (secondary N) is 2. The molecule has 1 atom stereocenters. The number of nitrogens with zero attached hydrogens (tertiary/aromatic N) is 2. The second kappa shape index (κ2) is 5.31. The molecule has 5 heteroatoms. The van der Waals surface area contributed by atoms with Crippen molar-refractivity contribution in [1.29, 1.82) is 0 Å². The smallest absolute Gasteiger partial charge is 0.131 e. The van der Waals surface area contributed by atoms with Crippen molar-refractivity contribution in [2.75, 3.05) is 30.3 Å². The van der Waals surface area contributed by atoms with Crippen molar-refractivity contribution < 1.29 is 4.74 Å². The predicted octanol–water partition coefficient (Wildman–Crippen LogP) is 1.89. The molecule has 17 heavy (non-hydrogen) atoms. The summed E-state index contributed by atoms with van der Waals surface area (Å²) in [5.74, 6) is 1.69. The van der Waals surface area contributed by atoms with E-state index in [1.165, 1.54) is 0 Å². The molecule has 2 N–H and O–H groups in total. The molecule has 1 unspecified atom stereocenters. The molecule has 1 aliphatic heterocycles. The van der Waals surface area contributed by atoms with Gasteiger partial charge in [0.2, 0.25) is 0 Å². The summed E-state index contributed by atoms with van der Waals surface area (Å²) in [4.78, 5) is 8.33. The Kier molecular flexibility index (Phi) is 3.78. The van der Waals surface area contributed by atoms with Gasteiger partial charge in [-0.1, -0.05) is 0 Å². The van der Waals surface area contributed by atoms with Crippen molar-refractivity contribution in [3.05, 3.63) is 12.4 Å². The Morgan fingerprint density at radius 1 is 1.35 bits per heavy atom. The molecule has 0 spiro atoms. The molecule has 2 rings (SSSR count). The van der Waals surface area contributed by atoms with E-state index in [1.54, 1.807) is 6.33 Å². The van der Waals surface area contributed by atoms with E-state index in [9.17, 15) is 0 Å². The normalized spacial score (nSPS) is 23.6. The summed E-state index contributed by atoms with van der Waals surface area (Å²) in [6.07, 6.45) is 3.81. The Bertz CT molecular complexity index is 363. The van der Waals surface area contributed by atoms with Crippen molar-refractivity contribution in [2.45, 2.75) is 32.3 Å². The van der Waals surface area contributed by atoms with Crippen molar-refractivity contribution in [3.63, 3.8) is 0 Å². The standard InChI is InChI=1S/C12H20N4O/c1-3-13-10-7-11(16-9-15-10)14-8-12(2)5-4-6-17-12/h7,9H,3-6,8H2,1-2H3,(H2,13,14,15,16). The van der Waals surface area contributed by atoms with Crippen LogP contribution in [0.25, 0.3) is 0 Å². The molecule has 2 heterocycles. The van der Waals surface area contributed by atoms with Crippen LogP contribution in [-0.2, 0) is 4.74 Å². The number of anilines is 2. The van der Waals surface area contributed by atoms with E-state index < -0.39 is 0 Å². The van der Waals surface area contributed by atoms with Gasteiger partial charge < -0.3 is 15.4 Å². The van der Waals surface area contributed by atoms with E-state index >= 15 is 0 Å². The maximum atomic E-state index is 5.72. The van der Waals surface area contributed by atoms with Gasteiger partial charge in [-0.2, -0.15) is 0 Å². The van der Waals surface area contributed by atoms with E-state index in [-0.39, 0.29) is 5.60 Å². The fraction of sp³-hybridized carbons (Fsp3) is 0.667. The van der Waals surface area contributed by atoms with Gasteiger partial charge in [-0.25, -0.2) is 9.97 Å². The number of hydrogen-bond acceptors (Lipinski definition) is 5. The minimum absolute atomic E-state index is 0.0523. The molecule has 1 aromatic rings. The van der Waals surface area contributed by atoms with Gasteiger partial charge in [-0.3, -0.25) is 0 Å². The Balaban J connectivity index is 1.91. The van der Waals surface area contributed by atoms with Crippen molar-refractivity contribution in [1.82, 2.24) is 9.97 Å². The quantitative estimate of drug-likeness (QED) is 0.817. The summed E-state index contributed by atoms with van der Waals surface area (Å²) in [6.45, 7) is 6.69. The molecule has 0 radical (unpaired) electrons. The molecule has 1 aliphatic rings. The second-order valence-corrected chi connectivity index (χ2v) is 4.57. The van der Waals surface area contributed by atoms with E-state index in [2.05, 4.69) is 27.5 Å². The molecular weight excluding hydrogens is 216 g/mol. The van der Waals surface area contributed by atoms with Crippen LogP contribution in [0.5, 0.6) is 0 Å². The first-order valence-electron chi connectivity index (χ1n) is 6.16. The lowest BCUT2D eigenvalue weighted by molar-refractivity contribution is 0.0315. The lowest BCUT2D eigenvalue weighted by atomic mass is 10.0. The van der Waals surface area contributed by atoms with Crippen LogP contribution in [0, 0.1) is 0 Å². The minimum Gasteiger partial charge on any atom is -0.373 e. The van der Waals surface area contributed by atoms with Crippen LogP contribution < -0.4 is 10.6 Å². The summed E-state index contributed by atoms with van der Waals surface area (Å²) in [5, 5.41) is 6.47. The van der Waals surface area contributed by atoms with Crippen LogP contribution in [-0.4, -0.2) is 35.3 Å². The molecule has 1 fully saturated rings. The fourth-order valence-corrected chi connectivity index (χ4v) is 1.99. The van der Waals surface area contributed by atoms with Gasteiger partial charge in [0.1, 0.15) is 18.0 Å². The highest BCUT2D eigenvalue weighted by molar-refractivity contribution is 5.46. The predicted molar refractivity (Wildman–Crippen MR) is 68.3 cm³/mol. The van der Waals surface area contributed by atoms with Gasteiger partial charge in [0, 0.05) is 25.8 Å². The van der Waals surface area contributed by atoms with Crippen LogP contribution in [0.3, 0.4) is 0 Å². The van der Waals surface area contributed by atoms with Crippen LogP contribution in [0.4, 0.5) is 11.6 Å². The number of aromatic nitrogens is 2. The molecule has 94 valence electrons. The first-order chi connectivity index (χ1) is 8.22. The molecule has 1 aromatic heterocycles. The molecule has 5 nitrogen and oxygen atoms in total. The van der Waals surface area contributed by atoms with Gasteiger partial charge in [0.15, 0.2) is 0 Å². The largest absolute Gasteiger partial charge is 0.373 e. The highest BCUT2D eigenvalue weighted by Gasteiger charge is 2.29. The summed E-state index contributed by atoms with van der Waals surface area (Å²) < 4.78 is 5.72. The summed E-state index contributed by atoms with van der Waals surface area (Å²) in [6, 6.07) is 1.92. The number of rotatable bonds is 5. The molecule has 0 aliphatic carbocycles. The van der Waals surface area contributed by atoms with E-state index in [4.69, 9.17) is 4.74 Å². The third kappa shape index (κ3) is 3.30. The van der Waals surface area contributed by atoms with Gasteiger partial charge >= 0.3 is 0 Å². The zero-order valence-electron chi connectivity index (χ0n) is 10.5. The summed E-state index contributed by atoms with van der Waals surface area (Å²) >= 11 is 0. The third-order valence-electron chi connectivity index (χ3n) is 2.97. The highest BCUT2D eigenvalue weighted by Crippen LogP contribution is 2.25. The number of hydrogen-bond donors (Lipinski definition) is 2. The summed E-state index contributed by atoms with van der Waals surface area (Å²) in [5.41, 5.74) is -0.0523. The average Bonchev–Trinajstić information content (AvgIpc) is 2.76. The topological polar surface area (TPSA) is 59.1 Å². The first-order valence-corrected chi connectivity index (χ1v) is 6.16. The Morgan fingerprint density at radius 3 is 2.76 bits per heavy atom. The fourth-order valence-electron chi connectivity index (χ4n) is 1.99. The van der Waals surface area contributed by atoms with Crippen LogP contribution >= 0.6 is 0 Å². The van der Waals surface area contributed by atoms with Gasteiger partial charge in [-0.15, -0.1) is 0 Å². The molecular formula is C12H20N4O. The monoisotopic (exact) mass is 236 g/mol. The van der Waals surface area contributed by atoms with Crippen LogP contribution in [0.2, 0.25) is 0 Å². The van der Waals surface area contributed by atoms with Crippen molar-refractivity contribution in [2.24, 2.45) is 0 Å². The minimum atomic E-state index is -0.0523. The Hall–Kier alpha value is -1.36. The summed E-state index contributed by atoms with van der Waals surface area (Å²) in [7, 11) is 0.